The number of benzene rings is 3. The van der Waals surface area contributed by atoms with E-state index in [0.29, 0.717) is 30.9 Å². The van der Waals surface area contributed by atoms with Gasteiger partial charge in [0, 0.05) is 32.2 Å². The summed E-state index contributed by atoms with van der Waals surface area (Å²) in [5.74, 6) is -0.282. The molecule has 1 heterocycles. The van der Waals surface area contributed by atoms with Gasteiger partial charge in [-0.3, -0.25) is 4.79 Å². The smallest absolute Gasteiger partial charge is 0.255 e. The molecule has 0 bridgehead atoms. The zero-order valence-corrected chi connectivity index (χ0v) is 18.9. The van der Waals surface area contributed by atoms with E-state index in [-0.39, 0.29) is 10.8 Å². The number of rotatable bonds is 7. The minimum absolute atomic E-state index is 0.221. The van der Waals surface area contributed by atoms with Crippen LogP contribution in [0.3, 0.4) is 0 Å². The van der Waals surface area contributed by atoms with Gasteiger partial charge in [-0.05, 0) is 54.8 Å². The van der Waals surface area contributed by atoms with Crippen LogP contribution in [0.2, 0.25) is 0 Å². The van der Waals surface area contributed by atoms with Gasteiger partial charge in [-0.2, -0.15) is 4.31 Å². The van der Waals surface area contributed by atoms with Crippen LogP contribution in [0, 0.1) is 0 Å². The molecule has 4 rings (SSSR count). The number of anilines is 2. The molecule has 7 heteroatoms. The number of sulfonamides is 1. The van der Waals surface area contributed by atoms with Gasteiger partial charge in [0.1, 0.15) is 0 Å². The molecule has 0 unspecified atom stereocenters. The fourth-order valence-corrected chi connectivity index (χ4v) is 5.42. The molecule has 1 amide bonds. The molecule has 3 aromatic carbocycles. The van der Waals surface area contributed by atoms with E-state index < -0.39 is 10.0 Å². The zero-order chi connectivity index (χ0) is 22.6. The highest BCUT2D eigenvalue weighted by Gasteiger charge is 2.27. The van der Waals surface area contributed by atoms with Gasteiger partial charge in [-0.15, -0.1) is 0 Å². The van der Waals surface area contributed by atoms with Gasteiger partial charge in [-0.25, -0.2) is 8.42 Å². The highest BCUT2D eigenvalue weighted by atomic mass is 32.2. The molecule has 1 aliphatic heterocycles. The predicted octanol–water partition coefficient (Wildman–Crippen LogP) is 4.36. The number of amides is 1. The molecule has 166 valence electrons. The minimum Gasteiger partial charge on any atom is -0.369 e. The first-order valence-electron chi connectivity index (χ1n) is 10.7. The van der Waals surface area contributed by atoms with Gasteiger partial charge in [-0.1, -0.05) is 42.5 Å². The number of carbonyl (C=O) groups excluding carboxylic acids is 1. The quantitative estimate of drug-likeness (QED) is 0.582. The van der Waals surface area contributed by atoms with Crippen molar-refractivity contribution >= 4 is 27.3 Å². The first-order valence-corrected chi connectivity index (χ1v) is 12.1. The standard InChI is InChI=1S/C25H27N3O3S/c1-27(19-20-9-3-2-4-10-20)24-12-6-5-11-23(24)26-25(29)21-13-15-22(16-14-21)32(30,31)28-17-7-8-18-28/h2-6,9-16H,7-8,17-19H2,1H3,(H,26,29). The van der Waals surface area contributed by atoms with E-state index in [1.165, 1.54) is 22.0 Å². The number of nitrogens with zero attached hydrogens (tertiary/aromatic N) is 2. The van der Waals surface area contributed by atoms with E-state index >= 15 is 0 Å². The monoisotopic (exact) mass is 449 g/mol. The van der Waals surface area contributed by atoms with Crippen molar-refractivity contribution in [3.63, 3.8) is 0 Å². The average molecular weight is 450 g/mol. The third-order valence-electron chi connectivity index (χ3n) is 5.65. The van der Waals surface area contributed by atoms with Gasteiger partial charge in [0.05, 0.1) is 16.3 Å². The van der Waals surface area contributed by atoms with Crippen LogP contribution in [0.1, 0.15) is 28.8 Å². The Morgan fingerprint density at radius 2 is 1.53 bits per heavy atom. The lowest BCUT2D eigenvalue weighted by molar-refractivity contribution is 0.102. The van der Waals surface area contributed by atoms with Crippen LogP contribution in [0.25, 0.3) is 0 Å². The van der Waals surface area contributed by atoms with Crippen molar-refractivity contribution in [1.29, 1.82) is 0 Å². The molecule has 0 aromatic heterocycles. The van der Waals surface area contributed by atoms with Gasteiger partial charge in [0.15, 0.2) is 0 Å². The molecule has 6 nitrogen and oxygen atoms in total. The molecular formula is C25H27N3O3S. The first-order chi connectivity index (χ1) is 15.4. The molecule has 0 atom stereocenters. The van der Waals surface area contributed by atoms with Crippen molar-refractivity contribution in [3.8, 4) is 0 Å². The fraction of sp³-hybridized carbons (Fsp3) is 0.240. The molecular weight excluding hydrogens is 422 g/mol. The summed E-state index contributed by atoms with van der Waals surface area (Å²) in [6, 6.07) is 23.9. The predicted molar refractivity (Wildman–Crippen MR) is 127 cm³/mol. The van der Waals surface area contributed by atoms with Crippen LogP contribution in [0.4, 0.5) is 11.4 Å². The number of nitrogens with one attached hydrogen (secondary N) is 1. The van der Waals surface area contributed by atoms with Crippen molar-refractivity contribution in [1.82, 2.24) is 4.31 Å². The summed E-state index contributed by atoms with van der Waals surface area (Å²) in [4.78, 5) is 15.2. The second-order valence-corrected chi connectivity index (χ2v) is 9.89. The molecule has 1 fully saturated rings. The Hall–Kier alpha value is -3.16. The molecule has 0 radical (unpaired) electrons. The van der Waals surface area contributed by atoms with E-state index in [9.17, 15) is 13.2 Å². The van der Waals surface area contributed by atoms with E-state index in [0.717, 1.165) is 18.5 Å². The fourth-order valence-electron chi connectivity index (χ4n) is 3.90. The Balaban J connectivity index is 1.48. The van der Waals surface area contributed by atoms with Crippen molar-refractivity contribution < 1.29 is 13.2 Å². The van der Waals surface area contributed by atoms with E-state index in [1.54, 1.807) is 12.1 Å². The Bertz CT molecular complexity index is 1170. The third-order valence-corrected chi connectivity index (χ3v) is 7.56. The maximum atomic E-state index is 12.9. The lowest BCUT2D eigenvalue weighted by Crippen LogP contribution is -2.27. The lowest BCUT2D eigenvalue weighted by Gasteiger charge is -2.23. The SMILES string of the molecule is CN(Cc1ccccc1)c1ccccc1NC(=O)c1ccc(S(=O)(=O)N2CCCC2)cc1. The summed E-state index contributed by atoms with van der Waals surface area (Å²) in [5, 5.41) is 2.97. The van der Waals surface area contributed by atoms with Crippen LogP contribution in [0.15, 0.2) is 83.8 Å². The Kier molecular flexibility index (Phi) is 6.58. The summed E-state index contributed by atoms with van der Waals surface area (Å²) in [6.45, 7) is 1.81. The van der Waals surface area contributed by atoms with Crippen molar-refractivity contribution in [2.75, 3.05) is 30.4 Å². The Labute approximate surface area is 189 Å². The highest BCUT2D eigenvalue weighted by Crippen LogP contribution is 2.27. The van der Waals surface area contributed by atoms with Gasteiger partial charge in [0.2, 0.25) is 10.0 Å². The summed E-state index contributed by atoms with van der Waals surface area (Å²) in [7, 11) is -1.51. The lowest BCUT2D eigenvalue weighted by atomic mass is 10.1. The summed E-state index contributed by atoms with van der Waals surface area (Å²) < 4.78 is 26.9. The number of hydrogen-bond donors (Lipinski definition) is 1. The van der Waals surface area contributed by atoms with Gasteiger partial charge in [0.25, 0.3) is 5.91 Å². The van der Waals surface area contributed by atoms with Crippen molar-refractivity contribution in [2.24, 2.45) is 0 Å². The topological polar surface area (TPSA) is 69.7 Å². The largest absolute Gasteiger partial charge is 0.369 e. The summed E-state index contributed by atoms with van der Waals surface area (Å²) in [6.07, 6.45) is 1.77. The Morgan fingerprint density at radius 1 is 0.906 bits per heavy atom. The van der Waals surface area contributed by atoms with Gasteiger partial charge < -0.3 is 10.2 Å². The van der Waals surface area contributed by atoms with Crippen LogP contribution < -0.4 is 10.2 Å². The van der Waals surface area contributed by atoms with Crippen LogP contribution in [-0.2, 0) is 16.6 Å². The zero-order valence-electron chi connectivity index (χ0n) is 18.1. The molecule has 32 heavy (non-hydrogen) atoms. The highest BCUT2D eigenvalue weighted by molar-refractivity contribution is 7.89. The maximum Gasteiger partial charge on any atom is 0.255 e. The molecule has 1 saturated heterocycles. The molecule has 3 aromatic rings. The average Bonchev–Trinajstić information content (AvgIpc) is 3.36. The number of carbonyl (C=O) groups is 1. The van der Waals surface area contributed by atoms with Crippen LogP contribution >= 0.6 is 0 Å². The van der Waals surface area contributed by atoms with E-state index in [1.807, 2.05) is 49.5 Å². The van der Waals surface area contributed by atoms with Gasteiger partial charge >= 0.3 is 0 Å². The van der Waals surface area contributed by atoms with Crippen LogP contribution in [-0.4, -0.2) is 38.8 Å². The molecule has 1 aliphatic rings. The van der Waals surface area contributed by atoms with Crippen molar-refractivity contribution in [3.05, 3.63) is 90.0 Å². The Morgan fingerprint density at radius 3 is 2.22 bits per heavy atom. The normalized spacial score (nSPS) is 14.3. The second-order valence-electron chi connectivity index (χ2n) is 7.95. The molecule has 1 N–H and O–H groups in total. The maximum absolute atomic E-state index is 12.9. The summed E-state index contributed by atoms with van der Waals surface area (Å²) in [5.41, 5.74) is 3.18. The first kappa shape index (κ1) is 22.0. The molecule has 0 saturated carbocycles. The van der Waals surface area contributed by atoms with Crippen molar-refractivity contribution in [2.45, 2.75) is 24.3 Å². The molecule has 0 spiro atoms. The number of hydrogen-bond acceptors (Lipinski definition) is 4. The third kappa shape index (κ3) is 4.84. The van der Waals surface area contributed by atoms with E-state index in [2.05, 4.69) is 22.3 Å². The number of para-hydroxylation sites is 2. The summed E-state index contributed by atoms with van der Waals surface area (Å²) >= 11 is 0. The second kappa shape index (κ2) is 9.54. The minimum atomic E-state index is -3.49. The van der Waals surface area contributed by atoms with Crippen LogP contribution in [0.5, 0.6) is 0 Å². The molecule has 0 aliphatic carbocycles. The van der Waals surface area contributed by atoms with E-state index in [4.69, 9.17) is 0 Å².